The molecule has 1 saturated heterocycles. The number of aromatic nitrogens is 1. The summed E-state index contributed by atoms with van der Waals surface area (Å²) in [6.07, 6.45) is 0.279. The molecule has 0 bridgehead atoms. The highest BCUT2D eigenvalue weighted by Gasteiger charge is 2.48. The molecule has 0 saturated carbocycles. The highest BCUT2D eigenvalue weighted by molar-refractivity contribution is 6.11. The van der Waals surface area contributed by atoms with Crippen molar-refractivity contribution in [1.82, 2.24) is 14.8 Å². The van der Waals surface area contributed by atoms with Gasteiger partial charge in [-0.2, -0.15) is 0 Å². The summed E-state index contributed by atoms with van der Waals surface area (Å²) in [4.78, 5) is 39.7. The fraction of sp³-hybridized carbons (Fsp3) is 0.435. The molecule has 2 aliphatic heterocycles. The number of amides is 3. The van der Waals surface area contributed by atoms with E-state index in [9.17, 15) is 14.4 Å². The van der Waals surface area contributed by atoms with Gasteiger partial charge in [0.25, 0.3) is 5.91 Å². The van der Waals surface area contributed by atoms with Crippen LogP contribution >= 0.6 is 0 Å². The Morgan fingerprint density at radius 3 is 2.55 bits per heavy atom. The van der Waals surface area contributed by atoms with Crippen LogP contribution in [-0.4, -0.2) is 46.1 Å². The molecule has 0 spiro atoms. The molecule has 0 aliphatic carbocycles. The second-order valence-corrected chi connectivity index (χ2v) is 8.69. The molecular weight excluding hydrogens is 398 g/mol. The Labute approximate surface area is 181 Å². The van der Waals surface area contributed by atoms with Gasteiger partial charge in [0.05, 0.1) is 6.54 Å². The first-order chi connectivity index (χ1) is 14.6. The number of ether oxygens (including phenoxy) is 2. The van der Waals surface area contributed by atoms with Crippen LogP contribution in [0.2, 0.25) is 0 Å². The van der Waals surface area contributed by atoms with Crippen LogP contribution in [0.15, 0.2) is 24.3 Å². The number of urea groups is 1. The Morgan fingerprint density at radius 2 is 1.87 bits per heavy atom. The molecule has 8 nitrogen and oxygen atoms in total. The van der Waals surface area contributed by atoms with Gasteiger partial charge in [-0.15, -0.1) is 0 Å². The molecule has 0 radical (unpaired) electrons. The summed E-state index contributed by atoms with van der Waals surface area (Å²) in [5.41, 5.74) is 2.04. The second-order valence-electron chi connectivity index (χ2n) is 8.69. The van der Waals surface area contributed by atoms with Crippen LogP contribution in [0.4, 0.5) is 4.79 Å². The van der Waals surface area contributed by atoms with E-state index < -0.39 is 17.5 Å². The fourth-order valence-electron chi connectivity index (χ4n) is 4.55. The van der Waals surface area contributed by atoms with Gasteiger partial charge in [0.15, 0.2) is 17.3 Å². The number of aryl methyl sites for hydroxylation is 1. The molecular formula is C23H27N3O5. The zero-order valence-corrected chi connectivity index (χ0v) is 18.4. The first-order valence-corrected chi connectivity index (χ1v) is 10.3. The van der Waals surface area contributed by atoms with Gasteiger partial charge in [-0.25, -0.2) is 4.79 Å². The first-order valence-electron chi connectivity index (χ1n) is 10.3. The summed E-state index contributed by atoms with van der Waals surface area (Å²) in [5, 5.41) is 2.76. The first kappa shape index (κ1) is 21.0. The third kappa shape index (κ3) is 3.56. The van der Waals surface area contributed by atoms with E-state index in [2.05, 4.69) is 9.88 Å². The Kier molecular flexibility index (Phi) is 5.03. The Bertz CT molecular complexity index is 1090. The van der Waals surface area contributed by atoms with Crippen LogP contribution in [0.1, 0.15) is 54.1 Å². The Morgan fingerprint density at radius 1 is 1.16 bits per heavy atom. The average Bonchev–Trinajstić information content (AvgIpc) is 3.33. The minimum Gasteiger partial charge on any atom is -0.454 e. The molecule has 1 aromatic heterocycles. The van der Waals surface area contributed by atoms with Gasteiger partial charge < -0.3 is 19.4 Å². The molecule has 1 atom stereocenters. The number of hydrogen-bond acceptors (Lipinski definition) is 5. The Balaban J connectivity index is 1.52. The van der Waals surface area contributed by atoms with Gasteiger partial charge in [-0.05, 0) is 58.4 Å². The lowest BCUT2D eigenvalue weighted by Crippen LogP contribution is -2.46. The number of nitrogens with zero attached hydrogens (tertiary/aromatic N) is 2. The van der Waals surface area contributed by atoms with Crippen molar-refractivity contribution in [2.45, 2.75) is 52.6 Å². The summed E-state index contributed by atoms with van der Waals surface area (Å²) in [5.74, 6) is 0.601. The van der Waals surface area contributed by atoms with Crippen LogP contribution in [0, 0.1) is 13.8 Å². The van der Waals surface area contributed by atoms with Gasteiger partial charge in [0, 0.05) is 29.4 Å². The number of rotatable bonds is 6. The van der Waals surface area contributed by atoms with Gasteiger partial charge in [0.1, 0.15) is 5.54 Å². The van der Waals surface area contributed by atoms with Crippen molar-refractivity contribution in [2.75, 3.05) is 13.3 Å². The van der Waals surface area contributed by atoms with Crippen LogP contribution in [0.5, 0.6) is 11.5 Å². The van der Waals surface area contributed by atoms with E-state index in [4.69, 9.17) is 9.47 Å². The third-order valence-corrected chi connectivity index (χ3v) is 5.94. The van der Waals surface area contributed by atoms with Crippen LogP contribution < -0.4 is 14.8 Å². The van der Waals surface area contributed by atoms with Gasteiger partial charge >= 0.3 is 6.03 Å². The monoisotopic (exact) mass is 425 g/mol. The number of carbonyl (C=O) groups excluding carboxylic acids is 3. The second kappa shape index (κ2) is 7.44. The van der Waals surface area contributed by atoms with Gasteiger partial charge in [0.2, 0.25) is 6.79 Å². The summed E-state index contributed by atoms with van der Waals surface area (Å²) in [7, 11) is 0. The lowest BCUT2D eigenvalue weighted by Gasteiger charge is -2.22. The highest BCUT2D eigenvalue weighted by atomic mass is 16.7. The summed E-state index contributed by atoms with van der Waals surface area (Å²) < 4.78 is 12.8. The molecule has 2 aliphatic rings. The van der Waals surface area contributed by atoms with Crippen molar-refractivity contribution in [1.29, 1.82) is 0 Å². The van der Waals surface area contributed by atoms with E-state index >= 15 is 0 Å². The molecule has 8 heteroatoms. The van der Waals surface area contributed by atoms with Crippen molar-refractivity contribution in [2.24, 2.45) is 0 Å². The predicted octanol–water partition coefficient (Wildman–Crippen LogP) is 3.15. The summed E-state index contributed by atoms with van der Waals surface area (Å²) in [6.45, 7) is 9.48. The lowest BCUT2D eigenvalue weighted by atomic mass is 9.92. The summed E-state index contributed by atoms with van der Waals surface area (Å²) >= 11 is 0. The molecule has 4 rings (SSSR count). The average molecular weight is 425 g/mol. The number of hydrogen-bond donors (Lipinski definition) is 1. The number of Topliss-reactive ketones (excluding diaryl/α,β-unsaturated/α-hetero) is 1. The van der Waals surface area contributed by atoms with Crippen molar-refractivity contribution < 1.29 is 23.9 Å². The van der Waals surface area contributed by atoms with E-state index in [-0.39, 0.29) is 31.6 Å². The van der Waals surface area contributed by atoms with Gasteiger partial charge in [-0.3, -0.25) is 14.5 Å². The third-order valence-electron chi connectivity index (χ3n) is 5.94. The van der Waals surface area contributed by atoms with E-state index in [1.54, 1.807) is 13.0 Å². The minimum atomic E-state index is -1.14. The van der Waals surface area contributed by atoms with Crippen molar-refractivity contribution >= 4 is 17.7 Å². The van der Waals surface area contributed by atoms with Crippen molar-refractivity contribution in [3.05, 3.63) is 46.8 Å². The zero-order valence-electron chi connectivity index (χ0n) is 18.4. The quantitative estimate of drug-likeness (QED) is 0.567. The number of benzene rings is 1. The summed E-state index contributed by atoms with van der Waals surface area (Å²) in [6, 6.07) is 6.91. The normalized spacial score (nSPS) is 20.0. The molecule has 31 heavy (non-hydrogen) atoms. The van der Waals surface area contributed by atoms with E-state index in [1.807, 2.05) is 45.9 Å². The maximum Gasteiger partial charge on any atom is 0.325 e. The lowest BCUT2D eigenvalue weighted by molar-refractivity contribution is -0.130. The number of carbonyl (C=O) groups is 3. The maximum absolute atomic E-state index is 13.1. The molecule has 3 heterocycles. The van der Waals surface area contributed by atoms with Crippen LogP contribution in [-0.2, 0) is 11.2 Å². The van der Waals surface area contributed by atoms with Crippen LogP contribution in [0.3, 0.4) is 0 Å². The predicted molar refractivity (Wildman–Crippen MR) is 114 cm³/mol. The minimum absolute atomic E-state index is 0.166. The van der Waals surface area contributed by atoms with E-state index in [0.29, 0.717) is 17.1 Å². The molecule has 1 N–H and O–H groups in total. The number of nitrogens with one attached hydrogen (secondary N) is 1. The smallest absolute Gasteiger partial charge is 0.325 e. The maximum atomic E-state index is 13.1. The largest absolute Gasteiger partial charge is 0.454 e. The van der Waals surface area contributed by atoms with Crippen molar-refractivity contribution in [3.63, 3.8) is 0 Å². The molecule has 3 amide bonds. The number of ketones is 1. The molecule has 0 unspecified atom stereocenters. The van der Waals surface area contributed by atoms with Crippen molar-refractivity contribution in [3.8, 4) is 11.5 Å². The number of imide groups is 1. The van der Waals surface area contributed by atoms with Gasteiger partial charge in [-0.1, -0.05) is 6.07 Å². The topological polar surface area (TPSA) is 89.9 Å². The molecule has 1 aromatic carbocycles. The molecule has 2 aromatic rings. The zero-order chi connectivity index (χ0) is 22.5. The SMILES string of the molecule is Cc1cc(C(=O)CN2C(=O)N[C@@](C)(Cc3ccc4c(c3)OCO4)C2=O)c(C)n1C(C)C. The van der Waals surface area contributed by atoms with E-state index in [0.717, 1.165) is 21.9 Å². The van der Waals surface area contributed by atoms with E-state index in [1.165, 1.54) is 0 Å². The number of fused-ring (bicyclic) bond motifs is 1. The highest BCUT2D eigenvalue weighted by Crippen LogP contribution is 2.34. The standard InChI is InChI=1S/C23H27N3O5/c1-13(2)26-14(3)8-17(15(26)4)18(27)11-25-21(28)23(5,24-22(25)29)10-16-6-7-19-20(9-16)31-12-30-19/h6-9,13H,10-12H2,1-5H3,(H,24,29)/t23-/m0/s1. The van der Waals surface area contributed by atoms with Crippen LogP contribution in [0.25, 0.3) is 0 Å². The molecule has 1 fully saturated rings. The molecule has 164 valence electrons. The fourth-order valence-corrected chi connectivity index (χ4v) is 4.55. The Hall–Kier alpha value is -3.29.